The summed E-state index contributed by atoms with van der Waals surface area (Å²) in [5.41, 5.74) is 3.98. The van der Waals surface area contributed by atoms with Crippen molar-refractivity contribution in [3.63, 3.8) is 0 Å². The van der Waals surface area contributed by atoms with Gasteiger partial charge in [0, 0.05) is 11.4 Å². The molecule has 122 valence electrons. The summed E-state index contributed by atoms with van der Waals surface area (Å²) < 4.78 is 5.59. The maximum atomic E-state index is 12.0. The number of anilines is 2. The molecule has 0 saturated carbocycles. The summed E-state index contributed by atoms with van der Waals surface area (Å²) in [4.78, 5) is 12.0. The lowest BCUT2D eigenvalue weighted by atomic mass is 10.1. The minimum absolute atomic E-state index is 0.0718. The van der Waals surface area contributed by atoms with Gasteiger partial charge in [0.25, 0.3) is 0 Å². The summed E-state index contributed by atoms with van der Waals surface area (Å²) in [5.74, 6) is 0.753. The molecule has 2 rings (SSSR count). The number of rotatable bonds is 6. The lowest BCUT2D eigenvalue weighted by Gasteiger charge is -2.11. The van der Waals surface area contributed by atoms with Gasteiger partial charge >= 0.3 is 0 Å². The highest BCUT2D eigenvalue weighted by atomic mass is 16.5. The zero-order valence-electron chi connectivity index (χ0n) is 14.1. The quantitative estimate of drug-likeness (QED) is 0.843. The summed E-state index contributed by atoms with van der Waals surface area (Å²) in [7, 11) is 0. The first-order chi connectivity index (χ1) is 10.9. The molecule has 4 heteroatoms. The molecule has 4 nitrogen and oxygen atoms in total. The van der Waals surface area contributed by atoms with Gasteiger partial charge in [-0.25, -0.2) is 0 Å². The molecule has 0 aliphatic rings. The third-order valence-electron chi connectivity index (χ3n) is 3.18. The second-order valence-electron chi connectivity index (χ2n) is 5.97. The molecule has 0 spiro atoms. The fraction of sp³-hybridized carbons (Fsp3) is 0.316. The van der Waals surface area contributed by atoms with Crippen molar-refractivity contribution < 1.29 is 9.53 Å². The molecular weight excluding hydrogens is 288 g/mol. The molecule has 0 aliphatic heterocycles. The Morgan fingerprint density at radius 3 is 2.17 bits per heavy atom. The number of carbonyl (C=O) groups excluding carboxylic acids is 1. The van der Waals surface area contributed by atoms with Gasteiger partial charge in [-0.15, -0.1) is 0 Å². The van der Waals surface area contributed by atoms with E-state index < -0.39 is 0 Å². The van der Waals surface area contributed by atoms with Crippen molar-refractivity contribution in [3.05, 3.63) is 53.6 Å². The molecule has 23 heavy (non-hydrogen) atoms. The van der Waals surface area contributed by atoms with Crippen LogP contribution in [0.4, 0.5) is 11.4 Å². The minimum Gasteiger partial charge on any atom is -0.491 e. The second-order valence-corrected chi connectivity index (χ2v) is 5.97. The zero-order valence-corrected chi connectivity index (χ0v) is 14.1. The smallest absolute Gasteiger partial charge is 0.243 e. The lowest BCUT2D eigenvalue weighted by Crippen LogP contribution is -2.21. The van der Waals surface area contributed by atoms with Crippen LogP contribution in [0.15, 0.2) is 42.5 Å². The van der Waals surface area contributed by atoms with Crippen molar-refractivity contribution in [1.82, 2.24) is 0 Å². The van der Waals surface area contributed by atoms with E-state index >= 15 is 0 Å². The van der Waals surface area contributed by atoms with Crippen molar-refractivity contribution >= 4 is 17.3 Å². The highest BCUT2D eigenvalue weighted by Crippen LogP contribution is 2.17. The molecular formula is C19H24N2O2. The predicted octanol–water partition coefficient (Wildman–Crippen LogP) is 4.14. The Kier molecular flexibility index (Phi) is 5.63. The standard InChI is InChI=1S/C19H24N2O2/c1-13(2)23-18-7-5-16(6-8-18)20-12-19(22)21-17-10-14(3)9-15(4)11-17/h5-11,13,20H,12H2,1-4H3,(H,21,22). The fourth-order valence-electron chi connectivity index (χ4n) is 2.36. The Hall–Kier alpha value is -2.49. The Morgan fingerprint density at radius 2 is 1.61 bits per heavy atom. The molecule has 2 aromatic carbocycles. The Bertz CT molecular complexity index is 643. The third kappa shape index (κ3) is 5.66. The SMILES string of the molecule is Cc1cc(C)cc(NC(=O)CNc2ccc(OC(C)C)cc2)c1. The summed E-state index contributed by atoms with van der Waals surface area (Å²) in [6.07, 6.45) is 0.150. The number of nitrogens with one attached hydrogen (secondary N) is 2. The molecule has 0 atom stereocenters. The number of benzene rings is 2. The molecule has 0 radical (unpaired) electrons. The van der Waals surface area contributed by atoms with Gasteiger partial charge in [0.05, 0.1) is 12.6 Å². The van der Waals surface area contributed by atoms with E-state index in [0.29, 0.717) is 0 Å². The Morgan fingerprint density at radius 1 is 1.00 bits per heavy atom. The van der Waals surface area contributed by atoms with Crippen molar-refractivity contribution in [2.75, 3.05) is 17.2 Å². The number of amides is 1. The van der Waals surface area contributed by atoms with Gasteiger partial charge in [0.1, 0.15) is 5.75 Å². The van der Waals surface area contributed by atoms with E-state index in [1.807, 2.05) is 64.1 Å². The largest absolute Gasteiger partial charge is 0.491 e. The summed E-state index contributed by atoms with van der Waals surface area (Å²) in [5, 5.41) is 6.01. The average Bonchev–Trinajstić information content (AvgIpc) is 2.45. The number of hydrogen-bond donors (Lipinski definition) is 2. The van der Waals surface area contributed by atoms with Crippen molar-refractivity contribution in [2.45, 2.75) is 33.8 Å². The van der Waals surface area contributed by atoms with Crippen molar-refractivity contribution in [3.8, 4) is 5.75 Å². The van der Waals surface area contributed by atoms with Gasteiger partial charge in [-0.05, 0) is 75.2 Å². The maximum absolute atomic E-state index is 12.0. The zero-order chi connectivity index (χ0) is 16.8. The van der Waals surface area contributed by atoms with Crippen LogP contribution in [-0.4, -0.2) is 18.6 Å². The maximum Gasteiger partial charge on any atom is 0.243 e. The number of carbonyl (C=O) groups is 1. The van der Waals surface area contributed by atoms with Crippen LogP contribution in [0.25, 0.3) is 0 Å². The molecule has 0 aliphatic carbocycles. The van der Waals surface area contributed by atoms with Crippen molar-refractivity contribution in [2.24, 2.45) is 0 Å². The van der Waals surface area contributed by atoms with E-state index in [-0.39, 0.29) is 18.6 Å². The summed E-state index contributed by atoms with van der Waals surface area (Å²) in [6.45, 7) is 8.23. The Balaban J connectivity index is 1.86. The third-order valence-corrected chi connectivity index (χ3v) is 3.18. The van der Waals surface area contributed by atoms with E-state index in [0.717, 1.165) is 28.3 Å². The number of hydrogen-bond acceptors (Lipinski definition) is 3. The summed E-state index contributed by atoms with van der Waals surface area (Å²) in [6, 6.07) is 13.6. The molecule has 0 unspecified atom stereocenters. The first kappa shape index (κ1) is 16.9. The topological polar surface area (TPSA) is 50.4 Å². The van der Waals surface area contributed by atoms with E-state index in [1.54, 1.807) is 0 Å². The number of ether oxygens (including phenoxy) is 1. The fourth-order valence-corrected chi connectivity index (χ4v) is 2.36. The molecule has 0 fully saturated rings. The van der Waals surface area contributed by atoms with Gasteiger partial charge in [-0.2, -0.15) is 0 Å². The minimum atomic E-state index is -0.0718. The van der Waals surface area contributed by atoms with Gasteiger partial charge in [0.15, 0.2) is 0 Å². The van der Waals surface area contributed by atoms with Crippen LogP contribution in [0.5, 0.6) is 5.75 Å². The van der Waals surface area contributed by atoms with E-state index in [2.05, 4.69) is 16.7 Å². The van der Waals surface area contributed by atoms with Crippen LogP contribution < -0.4 is 15.4 Å². The van der Waals surface area contributed by atoms with Crippen LogP contribution in [0, 0.1) is 13.8 Å². The van der Waals surface area contributed by atoms with Crippen molar-refractivity contribution in [1.29, 1.82) is 0 Å². The summed E-state index contributed by atoms with van der Waals surface area (Å²) >= 11 is 0. The highest BCUT2D eigenvalue weighted by Gasteiger charge is 2.04. The predicted molar refractivity (Wildman–Crippen MR) is 95.2 cm³/mol. The second kappa shape index (κ2) is 7.68. The molecule has 0 heterocycles. The lowest BCUT2D eigenvalue weighted by molar-refractivity contribution is -0.114. The molecule has 0 aromatic heterocycles. The normalized spacial score (nSPS) is 10.5. The molecule has 2 N–H and O–H groups in total. The first-order valence-electron chi connectivity index (χ1n) is 7.81. The number of aryl methyl sites for hydroxylation is 2. The van der Waals surface area contributed by atoms with E-state index in [4.69, 9.17) is 4.74 Å². The van der Waals surface area contributed by atoms with Gasteiger partial charge in [0.2, 0.25) is 5.91 Å². The highest BCUT2D eigenvalue weighted by molar-refractivity contribution is 5.93. The van der Waals surface area contributed by atoms with Gasteiger partial charge < -0.3 is 15.4 Å². The van der Waals surface area contributed by atoms with Crippen LogP contribution in [0.2, 0.25) is 0 Å². The molecule has 0 saturated heterocycles. The van der Waals surface area contributed by atoms with Gasteiger partial charge in [-0.3, -0.25) is 4.79 Å². The molecule has 2 aromatic rings. The Labute approximate surface area is 137 Å². The van der Waals surface area contributed by atoms with Crippen LogP contribution in [0.1, 0.15) is 25.0 Å². The first-order valence-corrected chi connectivity index (χ1v) is 7.81. The van der Waals surface area contributed by atoms with E-state index in [1.165, 1.54) is 0 Å². The van der Waals surface area contributed by atoms with Gasteiger partial charge in [-0.1, -0.05) is 6.07 Å². The molecule has 1 amide bonds. The monoisotopic (exact) mass is 312 g/mol. The average molecular weight is 312 g/mol. The molecule has 0 bridgehead atoms. The van der Waals surface area contributed by atoms with Crippen LogP contribution in [-0.2, 0) is 4.79 Å². The van der Waals surface area contributed by atoms with Crippen LogP contribution >= 0.6 is 0 Å². The van der Waals surface area contributed by atoms with Crippen LogP contribution in [0.3, 0.4) is 0 Å². The van der Waals surface area contributed by atoms with E-state index in [9.17, 15) is 4.79 Å².